The molecular weight excluding hydrogens is 370 g/mol. The molecule has 0 bridgehead atoms. The van der Waals surface area contributed by atoms with Crippen molar-refractivity contribution >= 4 is 28.8 Å². The van der Waals surface area contributed by atoms with E-state index in [4.69, 9.17) is 10.2 Å². The maximum absolute atomic E-state index is 12.2. The fraction of sp³-hybridized carbons (Fsp3) is 0.364. The number of nitrogens with zero attached hydrogens (tertiary/aromatic N) is 1. The van der Waals surface area contributed by atoms with Gasteiger partial charge < -0.3 is 15.5 Å². The van der Waals surface area contributed by atoms with Crippen molar-refractivity contribution < 1.29 is 9.21 Å². The van der Waals surface area contributed by atoms with Crippen LogP contribution in [0.25, 0.3) is 22.2 Å². The SMILES string of the molecule is NC1CCCCC1NC(=O)CSCc1nc2cc(-c3ccccc3)ccc2o1. The van der Waals surface area contributed by atoms with E-state index >= 15 is 0 Å². The summed E-state index contributed by atoms with van der Waals surface area (Å²) < 4.78 is 5.82. The summed E-state index contributed by atoms with van der Waals surface area (Å²) in [4.78, 5) is 16.8. The zero-order valence-electron chi connectivity index (χ0n) is 15.8. The third-order valence-corrected chi connectivity index (χ3v) is 6.08. The standard InChI is InChI=1S/C22H25N3O2S/c23-17-8-4-5-9-18(17)24-21(26)13-28-14-22-25-19-12-16(10-11-20(19)27-22)15-6-2-1-3-7-15/h1-3,6-7,10-12,17-18H,4-5,8-9,13-14,23H2,(H,24,26). The van der Waals surface area contributed by atoms with Crippen molar-refractivity contribution in [2.45, 2.75) is 43.5 Å². The molecular formula is C22H25N3O2S. The second-order valence-corrected chi connectivity index (χ2v) is 8.26. The highest BCUT2D eigenvalue weighted by atomic mass is 32.2. The molecule has 2 aromatic carbocycles. The topological polar surface area (TPSA) is 81.1 Å². The van der Waals surface area contributed by atoms with Crippen LogP contribution in [0.4, 0.5) is 0 Å². The van der Waals surface area contributed by atoms with Gasteiger partial charge in [0.25, 0.3) is 0 Å². The Morgan fingerprint density at radius 2 is 1.96 bits per heavy atom. The first-order chi connectivity index (χ1) is 13.7. The Kier molecular flexibility index (Phi) is 5.98. The van der Waals surface area contributed by atoms with Crippen LogP contribution < -0.4 is 11.1 Å². The number of thioether (sulfide) groups is 1. The molecule has 3 N–H and O–H groups in total. The lowest BCUT2D eigenvalue weighted by atomic mass is 9.91. The van der Waals surface area contributed by atoms with Crippen molar-refractivity contribution in [1.82, 2.24) is 10.3 Å². The second kappa shape index (κ2) is 8.80. The molecule has 1 aromatic heterocycles. The van der Waals surface area contributed by atoms with Gasteiger partial charge in [-0.05, 0) is 36.1 Å². The van der Waals surface area contributed by atoms with Crippen LogP contribution in [0.3, 0.4) is 0 Å². The Labute approximate surface area is 169 Å². The summed E-state index contributed by atoms with van der Waals surface area (Å²) in [6.07, 6.45) is 4.27. The van der Waals surface area contributed by atoms with Crippen LogP contribution in [0.5, 0.6) is 0 Å². The van der Waals surface area contributed by atoms with Gasteiger partial charge in [0.05, 0.1) is 11.5 Å². The van der Waals surface area contributed by atoms with Crippen LogP contribution in [-0.4, -0.2) is 28.7 Å². The molecule has 28 heavy (non-hydrogen) atoms. The molecule has 1 fully saturated rings. The van der Waals surface area contributed by atoms with E-state index in [1.165, 1.54) is 11.8 Å². The summed E-state index contributed by atoms with van der Waals surface area (Å²) >= 11 is 1.51. The van der Waals surface area contributed by atoms with E-state index in [1.807, 2.05) is 36.4 Å². The van der Waals surface area contributed by atoms with E-state index in [9.17, 15) is 4.79 Å². The van der Waals surface area contributed by atoms with Gasteiger partial charge in [-0.15, -0.1) is 11.8 Å². The lowest BCUT2D eigenvalue weighted by molar-refractivity contribution is -0.119. The zero-order valence-corrected chi connectivity index (χ0v) is 16.6. The van der Waals surface area contributed by atoms with Gasteiger partial charge in [-0.2, -0.15) is 0 Å². The molecule has 0 saturated heterocycles. The Morgan fingerprint density at radius 3 is 2.79 bits per heavy atom. The minimum absolute atomic E-state index is 0.0369. The normalized spacial score (nSPS) is 19.6. The molecule has 0 aliphatic heterocycles. The van der Waals surface area contributed by atoms with E-state index in [0.29, 0.717) is 17.4 Å². The van der Waals surface area contributed by atoms with Gasteiger partial charge in [0.1, 0.15) is 5.52 Å². The van der Waals surface area contributed by atoms with Crippen LogP contribution in [0.15, 0.2) is 52.9 Å². The Hall–Kier alpha value is -2.31. The number of amides is 1. The molecule has 1 saturated carbocycles. The predicted octanol–water partition coefficient (Wildman–Crippen LogP) is 4.11. The molecule has 1 amide bonds. The fourth-order valence-corrected chi connectivity index (χ4v) is 4.33. The summed E-state index contributed by atoms with van der Waals surface area (Å²) in [6.45, 7) is 0. The van der Waals surface area contributed by atoms with Crippen LogP contribution in [0, 0.1) is 0 Å². The highest BCUT2D eigenvalue weighted by Gasteiger charge is 2.23. The number of benzene rings is 2. The number of hydrogen-bond donors (Lipinski definition) is 2. The molecule has 5 nitrogen and oxygen atoms in total. The number of nitrogens with one attached hydrogen (secondary N) is 1. The van der Waals surface area contributed by atoms with Crippen molar-refractivity contribution in [2.75, 3.05) is 5.75 Å². The van der Waals surface area contributed by atoms with Gasteiger partial charge in [-0.3, -0.25) is 4.79 Å². The Balaban J connectivity index is 1.33. The quantitative estimate of drug-likeness (QED) is 0.656. The summed E-state index contributed by atoms with van der Waals surface area (Å²) in [7, 11) is 0. The van der Waals surface area contributed by atoms with E-state index < -0.39 is 0 Å². The zero-order chi connectivity index (χ0) is 19.3. The molecule has 0 spiro atoms. The summed E-state index contributed by atoms with van der Waals surface area (Å²) in [6, 6.07) is 16.4. The van der Waals surface area contributed by atoms with Crippen molar-refractivity contribution in [3.63, 3.8) is 0 Å². The van der Waals surface area contributed by atoms with Crippen LogP contribution in [0.1, 0.15) is 31.6 Å². The molecule has 1 aliphatic rings. The van der Waals surface area contributed by atoms with Gasteiger partial charge in [-0.1, -0.05) is 49.2 Å². The number of fused-ring (bicyclic) bond motifs is 1. The third-order valence-electron chi connectivity index (χ3n) is 5.16. The maximum Gasteiger partial charge on any atom is 0.230 e. The number of carbonyl (C=O) groups excluding carboxylic acids is 1. The van der Waals surface area contributed by atoms with Gasteiger partial charge in [-0.25, -0.2) is 4.98 Å². The number of nitrogens with two attached hydrogens (primary N) is 1. The summed E-state index contributed by atoms with van der Waals surface area (Å²) in [5.41, 5.74) is 9.98. The van der Waals surface area contributed by atoms with E-state index in [-0.39, 0.29) is 18.0 Å². The molecule has 6 heteroatoms. The van der Waals surface area contributed by atoms with E-state index in [2.05, 4.69) is 22.4 Å². The lowest BCUT2D eigenvalue weighted by Gasteiger charge is -2.29. The minimum Gasteiger partial charge on any atom is -0.440 e. The molecule has 3 aromatic rings. The third kappa shape index (κ3) is 4.56. The predicted molar refractivity (Wildman–Crippen MR) is 114 cm³/mol. The van der Waals surface area contributed by atoms with Gasteiger partial charge in [0, 0.05) is 12.1 Å². The van der Waals surface area contributed by atoms with Crippen LogP contribution >= 0.6 is 11.8 Å². The summed E-state index contributed by atoms with van der Waals surface area (Å²) in [5, 5.41) is 3.07. The first-order valence-corrected chi connectivity index (χ1v) is 10.9. The van der Waals surface area contributed by atoms with Crippen LogP contribution in [0.2, 0.25) is 0 Å². The molecule has 146 valence electrons. The largest absolute Gasteiger partial charge is 0.440 e. The first-order valence-electron chi connectivity index (χ1n) is 9.76. The number of aromatic nitrogens is 1. The smallest absolute Gasteiger partial charge is 0.230 e. The average Bonchev–Trinajstić information content (AvgIpc) is 3.12. The first kappa shape index (κ1) is 19.0. The van der Waals surface area contributed by atoms with Crippen molar-refractivity contribution in [2.24, 2.45) is 5.73 Å². The van der Waals surface area contributed by atoms with Gasteiger partial charge in [0.15, 0.2) is 5.58 Å². The fourth-order valence-electron chi connectivity index (χ4n) is 3.67. The van der Waals surface area contributed by atoms with Crippen molar-refractivity contribution in [1.29, 1.82) is 0 Å². The second-order valence-electron chi connectivity index (χ2n) is 7.27. The van der Waals surface area contributed by atoms with Crippen molar-refractivity contribution in [3.8, 4) is 11.1 Å². The van der Waals surface area contributed by atoms with E-state index in [0.717, 1.165) is 47.9 Å². The summed E-state index contributed by atoms with van der Waals surface area (Å²) in [5.74, 6) is 1.64. The number of oxazole rings is 1. The highest BCUT2D eigenvalue weighted by molar-refractivity contribution is 7.99. The van der Waals surface area contributed by atoms with Gasteiger partial charge in [0.2, 0.25) is 11.8 Å². The minimum atomic E-state index is 0.0369. The highest BCUT2D eigenvalue weighted by Crippen LogP contribution is 2.26. The van der Waals surface area contributed by atoms with Gasteiger partial charge >= 0.3 is 0 Å². The number of hydrogen-bond acceptors (Lipinski definition) is 5. The average molecular weight is 396 g/mol. The number of carbonyl (C=O) groups is 1. The molecule has 2 unspecified atom stereocenters. The molecule has 2 atom stereocenters. The molecule has 1 heterocycles. The molecule has 1 aliphatic carbocycles. The monoisotopic (exact) mass is 395 g/mol. The maximum atomic E-state index is 12.2. The Morgan fingerprint density at radius 1 is 1.14 bits per heavy atom. The molecule has 4 rings (SSSR count). The number of rotatable bonds is 6. The molecule has 0 radical (unpaired) electrons. The van der Waals surface area contributed by atoms with E-state index in [1.54, 1.807) is 0 Å². The lowest BCUT2D eigenvalue weighted by Crippen LogP contribution is -2.49. The van der Waals surface area contributed by atoms with Crippen molar-refractivity contribution in [3.05, 3.63) is 54.4 Å². The van der Waals surface area contributed by atoms with Crippen LogP contribution in [-0.2, 0) is 10.5 Å². The Bertz CT molecular complexity index is 941.